The quantitative estimate of drug-likeness (QED) is 0.919. The highest BCUT2D eigenvalue weighted by atomic mass is 79.9. The molecule has 2 nitrogen and oxygen atoms in total. The molecule has 0 fully saturated rings. The van der Waals surface area contributed by atoms with Crippen molar-refractivity contribution in [1.29, 1.82) is 0 Å². The molecule has 0 saturated carbocycles. The van der Waals surface area contributed by atoms with Gasteiger partial charge in [-0.1, -0.05) is 45.8 Å². The predicted octanol–water partition coefficient (Wildman–Crippen LogP) is 4.14. The summed E-state index contributed by atoms with van der Waals surface area (Å²) in [6, 6.07) is 14.2. The van der Waals surface area contributed by atoms with Crippen LogP contribution in [0.2, 0.25) is 0 Å². The Balaban J connectivity index is 2.21. The molecule has 19 heavy (non-hydrogen) atoms. The molecular weight excluding hydrogens is 302 g/mol. The van der Waals surface area contributed by atoms with Crippen LogP contribution in [0.25, 0.3) is 0 Å². The third-order valence-electron chi connectivity index (χ3n) is 3.04. The lowest BCUT2D eigenvalue weighted by Gasteiger charge is -2.19. The predicted molar refractivity (Wildman–Crippen MR) is 82.5 cm³/mol. The molecule has 0 heterocycles. The van der Waals surface area contributed by atoms with E-state index in [9.17, 15) is 0 Å². The molecule has 0 saturated heterocycles. The molecule has 0 spiro atoms. The molecule has 0 aliphatic heterocycles. The van der Waals surface area contributed by atoms with Gasteiger partial charge in [0.05, 0.1) is 0 Å². The van der Waals surface area contributed by atoms with Crippen molar-refractivity contribution >= 4 is 15.9 Å². The third kappa shape index (κ3) is 3.58. The van der Waals surface area contributed by atoms with E-state index in [2.05, 4.69) is 41.1 Å². The Labute approximate surface area is 122 Å². The Bertz CT molecular complexity index is 568. The Hall–Kier alpha value is -1.32. The van der Waals surface area contributed by atoms with Gasteiger partial charge in [0.2, 0.25) is 0 Å². The van der Waals surface area contributed by atoms with Gasteiger partial charge in [0.1, 0.15) is 11.9 Å². The van der Waals surface area contributed by atoms with Crippen molar-refractivity contribution in [2.45, 2.75) is 20.0 Å². The zero-order chi connectivity index (χ0) is 13.8. The minimum absolute atomic E-state index is 0.111. The monoisotopic (exact) mass is 319 g/mol. The maximum absolute atomic E-state index is 5.99. The molecule has 1 unspecified atom stereocenters. The zero-order valence-electron chi connectivity index (χ0n) is 11.2. The third-order valence-corrected chi connectivity index (χ3v) is 3.93. The maximum Gasteiger partial charge on any atom is 0.136 e. The average molecular weight is 320 g/mol. The van der Waals surface area contributed by atoms with Gasteiger partial charge < -0.3 is 10.5 Å². The van der Waals surface area contributed by atoms with E-state index < -0.39 is 0 Å². The van der Waals surface area contributed by atoms with Crippen molar-refractivity contribution in [3.63, 3.8) is 0 Å². The van der Waals surface area contributed by atoms with Gasteiger partial charge in [-0.25, -0.2) is 0 Å². The minimum Gasteiger partial charge on any atom is -0.484 e. The second-order valence-electron chi connectivity index (χ2n) is 4.67. The molecule has 0 aliphatic rings. The smallest absolute Gasteiger partial charge is 0.136 e. The van der Waals surface area contributed by atoms with E-state index in [0.717, 1.165) is 21.3 Å². The Morgan fingerprint density at radius 3 is 2.58 bits per heavy atom. The lowest BCUT2D eigenvalue weighted by Crippen LogP contribution is -2.18. The van der Waals surface area contributed by atoms with Gasteiger partial charge in [-0.2, -0.15) is 0 Å². The lowest BCUT2D eigenvalue weighted by atomic mass is 10.1. The Kier molecular flexibility index (Phi) is 4.61. The van der Waals surface area contributed by atoms with E-state index >= 15 is 0 Å². The molecule has 0 bridgehead atoms. The molecule has 2 rings (SSSR count). The summed E-state index contributed by atoms with van der Waals surface area (Å²) in [6.07, 6.45) is -0.111. The lowest BCUT2D eigenvalue weighted by molar-refractivity contribution is 0.214. The zero-order valence-corrected chi connectivity index (χ0v) is 12.8. The molecule has 2 N–H and O–H groups in total. The minimum atomic E-state index is -0.111. The molecule has 2 aromatic carbocycles. The van der Waals surface area contributed by atoms with Gasteiger partial charge >= 0.3 is 0 Å². The van der Waals surface area contributed by atoms with Gasteiger partial charge in [-0.15, -0.1) is 0 Å². The van der Waals surface area contributed by atoms with Gasteiger partial charge in [0.25, 0.3) is 0 Å². The highest BCUT2D eigenvalue weighted by Crippen LogP contribution is 2.26. The topological polar surface area (TPSA) is 35.2 Å². The van der Waals surface area contributed by atoms with Gasteiger partial charge in [0.15, 0.2) is 0 Å². The van der Waals surface area contributed by atoms with Crippen LogP contribution in [0.5, 0.6) is 5.75 Å². The van der Waals surface area contributed by atoms with Crippen molar-refractivity contribution in [2.24, 2.45) is 5.73 Å². The van der Waals surface area contributed by atoms with Crippen LogP contribution in [-0.2, 0) is 0 Å². The standard InChI is InChI=1S/C16H18BrNO/c1-11-4-3-5-13(8-11)16(10-18)19-14-6-7-15(17)12(2)9-14/h3-9,16H,10,18H2,1-2H3. The summed E-state index contributed by atoms with van der Waals surface area (Å²) in [5, 5.41) is 0. The van der Waals surface area contributed by atoms with E-state index in [4.69, 9.17) is 10.5 Å². The summed E-state index contributed by atoms with van der Waals surface area (Å²) in [7, 11) is 0. The molecule has 1 atom stereocenters. The molecule has 0 aliphatic carbocycles. The fraction of sp³-hybridized carbons (Fsp3) is 0.250. The first-order chi connectivity index (χ1) is 9.10. The summed E-state index contributed by atoms with van der Waals surface area (Å²) in [5.74, 6) is 0.845. The van der Waals surface area contributed by atoms with Crippen LogP contribution in [0.15, 0.2) is 46.9 Å². The van der Waals surface area contributed by atoms with Crippen LogP contribution >= 0.6 is 15.9 Å². The van der Waals surface area contributed by atoms with Gasteiger partial charge in [-0.3, -0.25) is 0 Å². The van der Waals surface area contributed by atoms with Crippen molar-refractivity contribution in [3.8, 4) is 5.75 Å². The van der Waals surface area contributed by atoms with Crippen molar-refractivity contribution in [3.05, 3.63) is 63.6 Å². The van der Waals surface area contributed by atoms with Crippen LogP contribution in [-0.4, -0.2) is 6.54 Å². The summed E-state index contributed by atoms with van der Waals surface area (Å²) >= 11 is 3.49. The summed E-state index contributed by atoms with van der Waals surface area (Å²) in [4.78, 5) is 0. The molecule has 100 valence electrons. The molecule has 0 amide bonds. The van der Waals surface area contributed by atoms with Crippen LogP contribution < -0.4 is 10.5 Å². The molecule has 0 radical (unpaired) electrons. The van der Waals surface area contributed by atoms with E-state index in [1.54, 1.807) is 0 Å². The van der Waals surface area contributed by atoms with E-state index in [-0.39, 0.29) is 6.10 Å². The fourth-order valence-corrected chi connectivity index (χ4v) is 2.22. The number of halogens is 1. The number of rotatable bonds is 4. The fourth-order valence-electron chi connectivity index (χ4n) is 1.98. The van der Waals surface area contributed by atoms with E-state index in [1.807, 2.05) is 31.2 Å². The highest BCUT2D eigenvalue weighted by Gasteiger charge is 2.12. The number of nitrogens with two attached hydrogens (primary N) is 1. The van der Waals surface area contributed by atoms with Crippen molar-refractivity contribution in [1.82, 2.24) is 0 Å². The number of benzene rings is 2. The molecule has 2 aromatic rings. The summed E-state index contributed by atoms with van der Waals surface area (Å²) in [6.45, 7) is 4.57. The number of hydrogen-bond acceptors (Lipinski definition) is 2. The molecular formula is C16H18BrNO. The molecule has 3 heteroatoms. The summed E-state index contributed by atoms with van der Waals surface area (Å²) < 4.78 is 7.08. The Morgan fingerprint density at radius 1 is 1.16 bits per heavy atom. The largest absolute Gasteiger partial charge is 0.484 e. The van der Waals surface area contributed by atoms with E-state index in [0.29, 0.717) is 6.54 Å². The SMILES string of the molecule is Cc1cccc(C(CN)Oc2ccc(Br)c(C)c2)c1. The summed E-state index contributed by atoms with van der Waals surface area (Å²) in [5.41, 5.74) is 9.32. The van der Waals surface area contributed by atoms with Crippen LogP contribution in [0.4, 0.5) is 0 Å². The maximum atomic E-state index is 5.99. The first-order valence-electron chi connectivity index (χ1n) is 6.29. The number of ether oxygens (including phenoxy) is 1. The second kappa shape index (κ2) is 6.22. The van der Waals surface area contributed by atoms with Crippen LogP contribution in [0.1, 0.15) is 22.8 Å². The van der Waals surface area contributed by atoms with Crippen molar-refractivity contribution in [2.75, 3.05) is 6.54 Å². The average Bonchev–Trinajstić information content (AvgIpc) is 2.40. The highest BCUT2D eigenvalue weighted by molar-refractivity contribution is 9.10. The van der Waals surface area contributed by atoms with E-state index in [1.165, 1.54) is 5.56 Å². The first-order valence-corrected chi connectivity index (χ1v) is 7.09. The Morgan fingerprint density at radius 2 is 1.95 bits per heavy atom. The first kappa shape index (κ1) is 14.1. The normalized spacial score (nSPS) is 12.2. The van der Waals surface area contributed by atoms with Crippen molar-refractivity contribution < 1.29 is 4.74 Å². The molecule has 0 aromatic heterocycles. The number of aryl methyl sites for hydroxylation is 2. The van der Waals surface area contributed by atoms with Crippen LogP contribution in [0.3, 0.4) is 0 Å². The number of hydrogen-bond donors (Lipinski definition) is 1. The van der Waals surface area contributed by atoms with Crippen LogP contribution in [0, 0.1) is 13.8 Å². The van der Waals surface area contributed by atoms with Gasteiger partial charge in [0, 0.05) is 11.0 Å². The van der Waals surface area contributed by atoms with Gasteiger partial charge in [-0.05, 0) is 43.2 Å². The second-order valence-corrected chi connectivity index (χ2v) is 5.52.